The molecule has 1 aromatic carbocycles. The number of hydrogen-bond donors (Lipinski definition) is 1. The van der Waals surface area contributed by atoms with Crippen LogP contribution in [0.1, 0.15) is 25.3 Å². The van der Waals surface area contributed by atoms with Gasteiger partial charge in [-0.25, -0.2) is 12.8 Å². The van der Waals surface area contributed by atoms with Crippen LogP contribution in [-0.2, 0) is 10.0 Å². The molecule has 0 fully saturated rings. The van der Waals surface area contributed by atoms with E-state index in [1.54, 1.807) is 6.92 Å². The van der Waals surface area contributed by atoms with E-state index in [4.69, 9.17) is 0 Å². The van der Waals surface area contributed by atoms with E-state index in [1.165, 1.54) is 18.2 Å². The first-order valence-corrected chi connectivity index (χ1v) is 6.86. The minimum absolute atomic E-state index is 0.0975. The molecule has 0 saturated carbocycles. The van der Waals surface area contributed by atoms with Crippen LogP contribution in [0.4, 0.5) is 10.1 Å². The zero-order valence-electron chi connectivity index (χ0n) is 9.46. The zero-order valence-corrected chi connectivity index (χ0v) is 10.3. The predicted molar refractivity (Wildman–Crippen MR) is 63.5 cm³/mol. The molecule has 0 heterocycles. The highest BCUT2D eigenvalue weighted by atomic mass is 32.2. The summed E-state index contributed by atoms with van der Waals surface area (Å²) in [4.78, 5) is 0. The van der Waals surface area contributed by atoms with Crippen molar-refractivity contribution in [3.63, 3.8) is 0 Å². The van der Waals surface area contributed by atoms with E-state index in [-0.39, 0.29) is 11.6 Å². The summed E-state index contributed by atoms with van der Waals surface area (Å²) in [5.41, 5.74) is 1.03. The van der Waals surface area contributed by atoms with Gasteiger partial charge in [0.2, 0.25) is 10.0 Å². The summed E-state index contributed by atoms with van der Waals surface area (Å²) in [5.74, 6) is -0.269. The quantitative estimate of drug-likeness (QED) is 0.867. The highest BCUT2D eigenvalue weighted by Crippen LogP contribution is 2.17. The molecule has 0 bridgehead atoms. The Balaban J connectivity index is 2.80. The smallest absolute Gasteiger partial charge is 0.232 e. The van der Waals surface area contributed by atoms with Crippen molar-refractivity contribution in [3.8, 4) is 0 Å². The second-order valence-electron chi connectivity index (χ2n) is 3.73. The fourth-order valence-corrected chi connectivity index (χ4v) is 2.63. The molecule has 90 valence electrons. The van der Waals surface area contributed by atoms with Gasteiger partial charge in [-0.1, -0.05) is 13.3 Å². The van der Waals surface area contributed by atoms with Crippen LogP contribution in [0.3, 0.4) is 0 Å². The van der Waals surface area contributed by atoms with E-state index in [0.29, 0.717) is 17.7 Å². The number of aryl methyl sites for hydroxylation is 1. The Hall–Kier alpha value is -1.10. The van der Waals surface area contributed by atoms with Crippen molar-refractivity contribution in [2.24, 2.45) is 0 Å². The van der Waals surface area contributed by atoms with Crippen molar-refractivity contribution in [2.45, 2.75) is 26.7 Å². The molecule has 0 aliphatic heterocycles. The van der Waals surface area contributed by atoms with Gasteiger partial charge in [0.15, 0.2) is 0 Å². The molecule has 3 nitrogen and oxygen atoms in total. The molecule has 0 amide bonds. The van der Waals surface area contributed by atoms with Crippen LogP contribution in [0.2, 0.25) is 0 Å². The Morgan fingerprint density at radius 3 is 2.62 bits per heavy atom. The van der Waals surface area contributed by atoms with Gasteiger partial charge in [-0.2, -0.15) is 0 Å². The molecular formula is C11H16FNO2S. The monoisotopic (exact) mass is 245 g/mol. The molecule has 0 radical (unpaired) electrons. The molecule has 0 aromatic heterocycles. The summed E-state index contributed by atoms with van der Waals surface area (Å²) in [6.45, 7) is 3.60. The van der Waals surface area contributed by atoms with Crippen molar-refractivity contribution in [1.82, 2.24) is 0 Å². The topological polar surface area (TPSA) is 46.2 Å². The lowest BCUT2D eigenvalue weighted by molar-refractivity contribution is 0.597. The summed E-state index contributed by atoms with van der Waals surface area (Å²) in [7, 11) is -3.30. The maximum absolute atomic E-state index is 12.8. The summed E-state index contributed by atoms with van der Waals surface area (Å²) < 4.78 is 38.4. The first-order chi connectivity index (χ1) is 7.44. The van der Waals surface area contributed by atoms with E-state index < -0.39 is 10.0 Å². The lowest BCUT2D eigenvalue weighted by atomic mass is 10.2. The molecule has 0 aliphatic carbocycles. The molecule has 0 saturated heterocycles. The van der Waals surface area contributed by atoms with Crippen molar-refractivity contribution < 1.29 is 12.8 Å². The number of halogens is 1. The Kier molecular flexibility index (Phi) is 4.29. The highest BCUT2D eigenvalue weighted by Gasteiger charge is 2.11. The van der Waals surface area contributed by atoms with E-state index in [2.05, 4.69) is 4.72 Å². The molecule has 0 atom stereocenters. The Labute approximate surface area is 95.7 Å². The number of benzene rings is 1. The largest absolute Gasteiger partial charge is 0.283 e. The van der Waals surface area contributed by atoms with Crippen LogP contribution in [0.5, 0.6) is 0 Å². The lowest BCUT2D eigenvalue weighted by Crippen LogP contribution is -2.17. The van der Waals surface area contributed by atoms with Crippen LogP contribution in [0, 0.1) is 12.7 Å². The number of sulfonamides is 1. The molecule has 0 unspecified atom stereocenters. The number of unbranched alkanes of at least 4 members (excludes halogenated alkanes) is 1. The molecule has 5 heteroatoms. The number of nitrogens with one attached hydrogen (secondary N) is 1. The summed E-state index contributed by atoms with van der Waals surface area (Å²) in [5, 5.41) is 0. The number of anilines is 1. The molecule has 1 rings (SSSR count). The van der Waals surface area contributed by atoms with Crippen LogP contribution >= 0.6 is 0 Å². The normalized spacial score (nSPS) is 11.4. The molecule has 0 aliphatic rings. The van der Waals surface area contributed by atoms with Crippen LogP contribution in [0.15, 0.2) is 18.2 Å². The molecular weight excluding hydrogens is 229 g/mol. The molecule has 1 aromatic rings. The third kappa shape index (κ3) is 3.81. The SMILES string of the molecule is CCCCS(=O)(=O)Nc1ccc(F)cc1C. The first kappa shape index (κ1) is 13.0. The fourth-order valence-electron chi connectivity index (χ4n) is 1.29. The maximum atomic E-state index is 12.8. The summed E-state index contributed by atoms with van der Waals surface area (Å²) >= 11 is 0. The van der Waals surface area contributed by atoms with Crippen molar-refractivity contribution in [2.75, 3.05) is 10.5 Å². The van der Waals surface area contributed by atoms with Gasteiger partial charge >= 0.3 is 0 Å². The first-order valence-electron chi connectivity index (χ1n) is 5.21. The minimum atomic E-state index is -3.30. The Morgan fingerprint density at radius 1 is 1.38 bits per heavy atom. The van der Waals surface area contributed by atoms with Crippen LogP contribution < -0.4 is 4.72 Å². The standard InChI is InChI=1S/C11H16FNO2S/c1-3-4-7-16(14,15)13-11-6-5-10(12)8-9(11)2/h5-6,8,13H,3-4,7H2,1-2H3. The van der Waals surface area contributed by atoms with Gasteiger partial charge in [-0.05, 0) is 37.1 Å². The van der Waals surface area contributed by atoms with Gasteiger partial charge in [0, 0.05) is 0 Å². The number of hydrogen-bond acceptors (Lipinski definition) is 2. The van der Waals surface area contributed by atoms with Crippen LogP contribution in [-0.4, -0.2) is 14.2 Å². The second-order valence-corrected chi connectivity index (χ2v) is 5.58. The van der Waals surface area contributed by atoms with E-state index in [1.807, 2.05) is 6.92 Å². The van der Waals surface area contributed by atoms with Gasteiger partial charge < -0.3 is 0 Å². The predicted octanol–water partition coefficient (Wildman–Crippen LogP) is 2.68. The second kappa shape index (κ2) is 5.30. The Morgan fingerprint density at radius 2 is 2.06 bits per heavy atom. The minimum Gasteiger partial charge on any atom is -0.283 e. The van der Waals surface area contributed by atoms with Gasteiger partial charge in [0.25, 0.3) is 0 Å². The van der Waals surface area contributed by atoms with Gasteiger partial charge in [0.1, 0.15) is 5.82 Å². The van der Waals surface area contributed by atoms with E-state index in [9.17, 15) is 12.8 Å². The summed E-state index contributed by atoms with van der Waals surface area (Å²) in [6.07, 6.45) is 1.44. The average molecular weight is 245 g/mol. The van der Waals surface area contributed by atoms with Gasteiger partial charge in [0.05, 0.1) is 11.4 Å². The van der Waals surface area contributed by atoms with Crippen LogP contribution in [0.25, 0.3) is 0 Å². The van der Waals surface area contributed by atoms with Crippen molar-refractivity contribution >= 4 is 15.7 Å². The van der Waals surface area contributed by atoms with Gasteiger partial charge in [-0.3, -0.25) is 4.72 Å². The molecule has 1 N–H and O–H groups in total. The van der Waals surface area contributed by atoms with Crippen molar-refractivity contribution in [1.29, 1.82) is 0 Å². The highest BCUT2D eigenvalue weighted by molar-refractivity contribution is 7.92. The number of rotatable bonds is 5. The molecule has 16 heavy (non-hydrogen) atoms. The fraction of sp³-hybridized carbons (Fsp3) is 0.455. The van der Waals surface area contributed by atoms with E-state index >= 15 is 0 Å². The lowest BCUT2D eigenvalue weighted by Gasteiger charge is -2.09. The average Bonchev–Trinajstić information content (AvgIpc) is 2.19. The maximum Gasteiger partial charge on any atom is 0.232 e. The molecule has 0 spiro atoms. The summed E-state index contributed by atoms with van der Waals surface area (Å²) in [6, 6.07) is 3.98. The third-order valence-corrected chi connectivity index (χ3v) is 3.58. The van der Waals surface area contributed by atoms with E-state index in [0.717, 1.165) is 6.42 Å². The Bertz CT molecular complexity index is 457. The van der Waals surface area contributed by atoms with Gasteiger partial charge in [-0.15, -0.1) is 0 Å². The van der Waals surface area contributed by atoms with Crippen molar-refractivity contribution in [3.05, 3.63) is 29.6 Å². The zero-order chi connectivity index (χ0) is 12.2. The third-order valence-electron chi connectivity index (χ3n) is 2.22.